The first-order valence-corrected chi connectivity index (χ1v) is 7.33. The first-order valence-electron chi connectivity index (χ1n) is 7.33. The van der Waals surface area contributed by atoms with Gasteiger partial charge in [0.15, 0.2) is 0 Å². The highest BCUT2D eigenvalue weighted by Crippen LogP contribution is 2.45. The summed E-state index contributed by atoms with van der Waals surface area (Å²) in [7, 11) is 0. The molecule has 0 amide bonds. The van der Waals surface area contributed by atoms with E-state index in [1.54, 1.807) is 20.8 Å². The van der Waals surface area contributed by atoms with Crippen LogP contribution in [0.5, 0.6) is 0 Å². The van der Waals surface area contributed by atoms with Crippen LogP contribution in [-0.4, -0.2) is 45.3 Å². The summed E-state index contributed by atoms with van der Waals surface area (Å²) in [6.07, 6.45) is 2.87. The maximum atomic E-state index is 10.1. The second-order valence-electron chi connectivity index (χ2n) is 7.25. The van der Waals surface area contributed by atoms with Gasteiger partial charge < -0.3 is 19.7 Å². The molecule has 19 heavy (non-hydrogen) atoms. The maximum Gasteiger partial charge on any atom is 0.0921 e. The average molecular weight is 272 g/mol. The fourth-order valence-corrected chi connectivity index (χ4v) is 3.19. The van der Waals surface area contributed by atoms with Crippen LogP contribution in [0.25, 0.3) is 0 Å². The summed E-state index contributed by atoms with van der Waals surface area (Å²) < 4.78 is 12.2. The summed E-state index contributed by atoms with van der Waals surface area (Å²) in [4.78, 5) is 0. The van der Waals surface area contributed by atoms with Gasteiger partial charge in [-0.15, -0.1) is 0 Å². The topological polar surface area (TPSA) is 58.9 Å². The molecule has 0 aromatic carbocycles. The normalized spacial score (nSPS) is 45.6. The molecule has 112 valence electrons. The van der Waals surface area contributed by atoms with Crippen LogP contribution in [0.4, 0.5) is 0 Å². The Morgan fingerprint density at radius 2 is 1.79 bits per heavy atom. The SMILES string of the molecule is C[C@@H](O)[C@@]1(C)CC[C@@H]([C@]2(C)CC[C@H](C(C)(C)O)O2)O1. The van der Waals surface area contributed by atoms with Gasteiger partial charge in [-0.25, -0.2) is 0 Å². The van der Waals surface area contributed by atoms with Gasteiger partial charge in [0.2, 0.25) is 0 Å². The number of ether oxygens (including phenoxy) is 2. The van der Waals surface area contributed by atoms with Crippen molar-refractivity contribution in [3.05, 3.63) is 0 Å². The van der Waals surface area contributed by atoms with E-state index in [2.05, 4.69) is 6.92 Å². The smallest absolute Gasteiger partial charge is 0.0921 e. The van der Waals surface area contributed by atoms with Crippen LogP contribution < -0.4 is 0 Å². The molecule has 2 rings (SSSR count). The summed E-state index contributed by atoms with van der Waals surface area (Å²) in [5.74, 6) is 0. The molecule has 5 atom stereocenters. The van der Waals surface area contributed by atoms with E-state index in [0.29, 0.717) is 0 Å². The molecule has 2 aliphatic rings. The number of hydrogen-bond acceptors (Lipinski definition) is 4. The molecule has 0 saturated carbocycles. The standard InChI is InChI=1S/C15H28O4/c1-10(16)14(4)8-7-12(19-14)15(5)9-6-11(18-15)13(2,3)17/h10-12,16-17H,6-9H2,1-5H3/t10-,11-,12+,14-,15+/m1/s1. The third-order valence-electron chi connectivity index (χ3n) is 4.98. The zero-order valence-electron chi connectivity index (χ0n) is 12.8. The van der Waals surface area contributed by atoms with Crippen LogP contribution in [0.2, 0.25) is 0 Å². The van der Waals surface area contributed by atoms with Crippen LogP contribution in [0.1, 0.15) is 60.3 Å². The fraction of sp³-hybridized carbons (Fsp3) is 1.00. The summed E-state index contributed by atoms with van der Waals surface area (Å²) in [6, 6.07) is 0. The first-order chi connectivity index (χ1) is 8.57. The fourth-order valence-electron chi connectivity index (χ4n) is 3.19. The number of aliphatic hydroxyl groups excluding tert-OH is 1. The minimum atomic E-state index is -0.816. The largest absolute Gasteiger partial charge is 0.390 e. The summed E-state index contributed by atoms with van der Waals surface area (Å²) >= 11 is 0. The predicted molar refractivity (Wildman–Crippen MR) is 73.0 cm³/mol. The van der Waals surface area contributed by atoms with E-state index in [4.69, 9.17) is 9.47 Å². The zero-order valence-corrected chi connectivity index (χ0v) is 12.8. The molecule has 0 unspecified atom stereocenters. The highest BCUT2D eigenvalue weighted by atomic mass is 16.6. The molecule has 0 aromatic rings. The monoisotopic (exact) mass is 272 g/mol. The summed E-state index contributed by atoms with van der Waals surface area (Å²) in [5.41, 5.74) is -1.63. The van der Waals surface area contributed by atoms with Gasteiger partial charge in [0.1, 0.15) is 0 Å². The molecule has 2 N–H and O–H groups in total. The molecule has 0 bridgehead atoms. The molecule has 0 spiro atoms. The highest BCUT2D eigenvalue weighted by Gasteiger charge is 2.52. The van der Waals surface area contributed by atoms with Gasteiger partial charge in [0.05, 0.1) is 35.1 Å². The van der Waals surface area contributed by atoms with Gasteiger partial charge in [-0.05, 0) is 60.3 Å². The molecular weight excluding hydrogens is 244 g/mol. The molecular formula is C15H28O4. The van der Waals surface area contributed by atoms with Crippen LogP contribution >= 0.6 is 0 Å². The lowest BCUT2D eigenvalue weighted by atomic mass is 9.90. The Labute approximate surface area is 116 Å². The zero-order chi connectivity index (χ0) is 14.5. The lowest BCUT2D eigenvalue weighted by molar-refractivity contribution is -0.188. The van der Waals surface area contributed by atoms with E-state index in [-0.39, 0.29) is 17.8 Å². The Balaban J connectivity index is 2.04. The quantitative estimate of drug-likeness (QED) is 0.825. The average Bonchev–Trinajstić information content (AvgIpc) is 2.83. The Morgan fingerprint density at radius 1 is 1.16 bits per heavy atom. The lowest BCUT2D eigenvalue weighted by Gasteiger charge is -2.36. The lowest BCUT2D eigenvalue weighted by Crippen LogP contribution is -2.46. The van der Waals surface area contributed by atoms with Gasteiger partial charge >= 0.3 is 0 Å². The second-order valence-corrected chi connectivity index (χ2v) is 7.25. The Morgan fingerprint density at radius 3 is 2.21 bits per heavy atom. The Kier molecular flexibility index (Phi) is 3.76. The maximum absolute atomic E-state index is 10.1. The van der Waals surface area contributed by atoms with Crippen molar-refractivity contribution in [3.63, 3.8) is 0 Å². The van der Waals surface area contributed by atoms with E-state index in [1.807, 2.05) is 6.92 Å². The number of hydrogen-bond donors (Lipinski definition) is 2. The van der Waals surface area contributed by atoms with Gasteiger partial charge in [0.25, 0.3) is 0 Å². The third-order valence-corrected chi connectivity index (χ3v) is 4.98. The molecule has 0 aromatic heterocycles. The molecule has 2 fully saturated rings. The van der Waals surface area contributed by atoms with Crippen LogP contribution in [-0.2, 0) is 9.47 Å². The Hall–Kier alpha value is -0.160. The predicted octanol–water partition coefficient (Wildman–Crippen LogP) is 2.01. The van der Waals surface area contributed by atoms with Crippen molar-refractivity contribution in [1.82, 2.24) is 0 Å². The molecule has 0 radical (unpaired) electrons. The molecule has 2 saturated heterocycles. The van der Waals surface area contributed by atoms with Crippen molar-refractivity contribution >= 4 is 0 Å². The molecule has 2 heterocycles. The first kappa shape index (κ1) is 15.2. The van der Waals surface area contributed by atoms with E-state index in [0.717, 1.165) is 25.7 Å². The molecule has 0 aliphatic carbocycles. The molecule has 2 aliphatic heterocycles. The number of aliphatic hydroxyl groups is 2. The van der Waals surface area contributed by atoms with Crippen molar-refractivity contribution in [1.29, 1.82) is 0 Å². The van der Waals surface area contributed by atoms with Crippen LogP contribution in [0.15, 0.2) is 0 Å². The van der Waals surface area contributed by atoms with Crippen molar-refractivity contribution in [2.75, 3.05) is 0 Å². The van der Waals surface area contributed by atoms with Crippen LogP contribution in [0.3, 0.4) is 0 Å². The summed E-state index contributed by atoms with van der Waals surface area (Å²) in [5, 5.41) is 19.9. The molecule has 4 nitrogen and oxygen atoms in total. The van der Waals surface area contributed by atoms with Gasteiger partial charge in [-0.3, -0.25) is 0 Å². The van der Waals surface area contributed by atoms with E-state index >= 15 is 0 Å². The van der Waals surface area contributed by atoms with Crippen LogP contribution in [0, 0.1) is 0 Å². The van der Waals surface area contributed by atoms with Gasteiger partial charge in [-0.1, -0.05) is 0 Å². The molecule has 4 heteroatoms. The van der Waals surface area contributed by atoms with Gasteiger partial charge in [-0.2, -0.15) is 0 Å². The highest BCUT2D eigenvalue weighted by molar-refractivity contribution is 5.01. The van der Waals surface area contributed by atoms with Crippen molar-refractivity contribution in [2.45, 2.75) is 95.4 Å². The van der Waals surface area contributed by atoms with Crippen molar-refractivity contribution in [3.8, 4) is 0 Å². The van der Waals surface area contributed by atoms with Gasteiger partial charge in [0, 0.05) is 0 Å². The number of rotatable bonds is 3. The Bertz CT molecular complexity index is 336. The van der Waals surface area contributed by atoms with Crippen molar-refractivity contribution in [2.24, 2.45) is 0 Å². The summed E-state index contributed by atoms with van der Waals surface area (Å²) in [6.45, 7) is 9.39. The van der Waals surface area contributed by atoms with E-state index < -0.39 is 17.3 Å². The minimum Gasteiger partial charge on any atom is -0.390 e. The minimum absolute atomic E-state index is 0.000509. The van der Waals surface area contributed by atoms with Crippen molar-refractivity contribution < 1.29 is 19.7 Å². The van der Waals surface area contributed by atoms with E-state index in [9.17, 15) is 10.2 Å². The third kappa shape index (κ3) is 2.82. The second kappa shape index (κ2) is 4.69. The van der Waals surface area contributed by atoms with E-state index in [1.165, 1.54) is 0 Å².